The molecular weight excluding hydrogens is 184 g/mol. The maximum Gasteiger partial charge on any atom is 0.277 e. The van der Waals surface area contributed by atoms with Gasteiger partial charge < -0.3 is 11.5 Å². The summed E-state index contributed by atoms with van der Waals surface area (Å²) >= 11 is 0. The molecular formula is C8H12N4O2. The van der Waals surface area contributed by atoms with E-state index in [1.165, 1.54) is 0 Å². The zero-order valence-corrected chi connectivity index (χ0v) is 7.86. The number of amidine groups is 1. The Morgan fingerprint density at radius 3 is 2.71 bits per heavy atom. The van der Waals surface area contributed by atoms with Crippen molar-refractivity contribution in [3.63, 3.8) is 0 Å². The molecule has 0 spiro atoms. The molecule has 2 amide bonds. The molecule has 0 bridgehead atoms. The van der Waals surface area contributed by atoms with Crippen LogP contribution in [0.4, 0.5) is 0 Å². The maximum absolute atomic E-state index is 11.4. The highest BCUT2D eigenvalue weighted by molar-refractivity contribution is 6.14. The van der Waals surface area contributed by atoms with E-state index < -0.39 is 17.9 Å². The van der Waals surface area contributed by atoms with Crippen LogP contribution in [0.1, 0.15) is 6.92 Å². The standard InChI is InChI=1S/C8H12N4O2/c1-4(9)7-11-5(2)8(14)12(7)3-6(10)13/h4H,2-3,9H2,1H3,(H2,10,13). The van der Waals surface area contributed by atoms with Gasteiger partial charge in [-0.05, 0) is 6.92 Å². The third kappa shape index (κ3) is 1.80. The summed E-state index contributed by atoms with van der Waals surface area (Å²) in [7, 11) is 0. The van der Waals surface area contributed by atoms with Gasteiger partial charge in [0.15, 0.2) is 0 Å². The Bertz CT molecular complexity index is 332. The molecule has 0 aromatic heterocycles. The number of rotatable bonds is 3. The summed E-state index contributed by atoms with van der Waals surface area (Å²) in [4.78, 5) is 27.1. The number of aliphatic imine (C=N–C) groups is 1. The van der Waals surface area contributed by atoms with Crippen LogP contribution in [-0.2, 0) is 9.59 Å². The van der Waals surface area contributed by atoms with Crippen LogP contribution in [0, 0.1) is 0 Å². The van der Waals surface area contributed by atoms with Crippen molar-refractivity contribution in [2.75, 3.05) is 6.54 Å². The van der Waals surface area contributed by atoms with Gasteiger partial charge in [-0.3, -0.25) is 14.5 Å². The Hall–Kier alpha value is -1.69. The van der Waals surface area contributed by atoms with Gasteiger partial charge in [-0.15, -0.1) is 0 Å². The summed E-state index contributed by atoms with van der Waals surface area (Å²) in [5, 5.41) is 0. The van der Waals surface area contributed by atoms with Crippen molar-refractivity contribution in [1.29, 1.82) is 0 Å². The number of primary amides is 1. The van der Waals surface area contributed by atoms with Crippen molar-refractivity contribution in [3.8, 4) is 0 Å². The Labute approximate surface area is 81.3 Å². The van der Waals surface area contributed by atoms with E-state index in [1.807, 2.05) is 0 Å². The number of hydrogen-bond acceptors (Lipinski definition) is 4. The molecule has 1 rings (SSSR count). The van der Waals surface area contributed by atoms with Crippen LogP contribution in [0.3, 0.4) is 0 Å². The fourth-order valence-electron chi connectivity index (χ4n) is 1.16. The lowest BCUT2D eigenvalue weighted by atomic mass is 10.3. The molecule has 0 aromatic carbocycles. The summed E-state index contributed by atoms with van der Waals surface area (Å²) in [6.07, 6.45) is 0. The molecule has 1 heterocycles. The number of carbonyl (C=O) groups is 2. The van der Waals surface area contributed by atoms with Gasteiger partial charge in [0, 0.05) is 0 Å². The number of nitrogens with two attached hydrogens (primary N) is 2. The lowest BCUT2D eigenvalue weighted by Gasteiger charge is -2.18. The van der Waals surface area contributed by atoms with Gasteiger partial charge >= 0.3 is 0 Å². The van der Waals surface area contributed by atoms with E-state index in [2.05, 4.69) is 11.6 Å². The lowest BCUT2D eigenvalue weighted by molar-refractivity contribution is -0.127. The molecule has 76 valence electrons. The topological polar surface area (TPSA) is 102 Å². The summed E-state index contributed by atoms with van der Waals surface area (Å²) in [5.41, 5.74) is 10.6. The second kappa shape index (κ2) is 3.59. The van der Waals surface area contributed by atoms with Crippen molar-refractivity contribution in [3.05, 3.63) is 12.3 Å². The van der Waals surface area contributed by atoms with E-state index in [0.29, 0.717) is 5.84 Å². The van der Waals surface area contributed by atoms with E-state index in [-0.39, 0.29) is 12.2 Å². The van der Waals surface area contributed by atoms with Crippen molar-refractivity contribution in [2.45, 2.75) is 13.0 Å². The molecule has 6 nitrogen and oxygen atoms in total. The molecule has 0 saturated carbocycles. The first-order valence-electron chi connectivity index (χ1n) is 4.06. The minimum Gasteiger partial charge on any atom is -0.368 e. The molecule has 0 aliphatic carbocycles. The van der Waals surface area contributed by atoms with E-state index >= 15 is 0 Å². The van der Waals surface area contributed by atoms with Crippen molar-refractivity contribution in [1.82, 2.24) is 4.90 Å². The van der Waals surface area contributed by atoms with Crippen LogP contribution in [0.25, 0.3) is 0 Å². The van der Waals surface area contributed by atoms with Gasteiger partial charge in [-0.25, -0.2) is 4.99 Å². The van der Waals surface area contributed by atoms with E-state index in [1.54, 1.807) is 6.92 Å². The minimum absolute atomic E-state index is 0.0820. The van der Waals surface area contributed by atoms with E-state index in [9.17, 15) is 9.59 Å². The van der Waals surface area contributed by atoms with Crippen molar-refractivity contribution < 1.29 is 9.59 Å². The predicted molar refractivity (Wildman–Crippen MR) is 51.1 cm³/mol. The molecule has 0 fully saturated rings. The predicted octanol–water partition coefficient (Wildman–Crippen LogP) is -1.43. The fourth-order valence-corrected chi connectivity index (χ4v) is 1.16. The second-order valence-electron chi connectivity index (χ2n) is 3.06. The third-order valence-corrected chi connectivity index (χ3v) is 1.74. The average molecular weight is 196 g/mol. The number of carbonyl (C=O) groups excluding carboxylic acids is 2. The van der Waals surface area contributed by atoms with Crippen LogP contribution in [-0.4, -0.2) is 35.1 Å². The summed E-state index contributed by atoms with van der Waals surface area (Å²) < 4.78 is 0. The zero-order chi connectivity index (χ0) is 10.9. The summed E-state index contributed by atoms with van der Waals surface area (Å²) in [5.74, 6) is -0.698. The quantitative estimate of drug-likeness (QED) is 0.541. The fraction of sp³-hybridized carbons (Fsp3) is 0.375. The Kier molecular flexibility index (Phi) is 2.66. The number of nitrogens with zero attached hydrogens (tertiary/aromatic N) is 2. The third-order valence-electron chi connectivity index (χ3n) is 1.74. The van der Waals surface area contributed by atoms with Crippen LogP contribution < -0.4 is 11.5 Å². The van der Waals surface area contributed by atoms with Crippen LogP contribution >= 0.6 is 0 Å². The first-order valence-corrected chi connectivity index (χ1v) is 4.06. The normalized spacial score (nSPS) is 18.4. The molecule has 1 atom stereocenters. The smallest absolute Gasteiger partial charge is 0.277 e. The number of hydrogen-bond donors (Lipinski definition) is 2. The monoisotopic (exact) mass is 196 g/mol. The molecule has 0 aromatic rings. The van der Waals surface area contributed by atoms with E-state index in [4.69, 9.17) is 11.5 Å². The lowest BCUT2D eigenvalue weighted by Crippen LogP contribution is -2.45. The first-order chi connectivity index (χ1) is 6.43. The highest BCUT2D eigenvalue weighted by Crippen LogP contribution is 2.13. The van der Waals surface area contributed by atoms with Gasteiger partial charge in [0.2, 0.25) is 5.91 Å². The summed E-state index contributed by atoms with van der Waals surface area (Å²) in [6.45, 7) is 4.89. The zero-order valence-electron chi connectivity index (χ0n) is 7.86. The van der Waals surface area contributed by atoms with Gasteiger partial charge in [-0.1, -0.05) is 6.58 Å². The minimum atomic E-state index is -0.610. The van der Waals surface area contributed by atoms with Gasteiger partial charge in [-0.2, -0.15) is 0 Å². The molecule has 1 aliphatic rings. The molecule has 1 aliphatic heterocycles. The largest absolute Gasteiger partial charge is 0.368 e. The molecule has 6 heteroatoms. The Morgan fingerprint density at radius 1 is 1.71 bits per heavy atom. The van der Waals surface area contributed by atoms with Gasteiger partial charge in [0.1, 0.15) is 18.1 Å². The highest BCUT2D eigenvalue weighted by Gasteiger charge is 2.31. The summed E-state index contributed by atoms with van der Waals surface area (Å²) in [6, 6.07) is -0.433. The molecule has 1 unspecified atom stereocenters. The van der Waals surface area contributed by atoms with Crippen molar-refractivity contribution >= 4 is 17.6 Å². The van der Waals surface area contributed by atoms with Crippen LogP contribution in [0.2, 0.25) is 0 Å². The van der Waals surface area contributed by atoms with Gasteiger partial charge in [0.25, 0.3) is 5.91 Å². The van der Waals surface area contributed by atoms with Crippen LogP contribution in [0.15, 0.2) is 17.3 Å². The van der Waals surface area contributed by atoms with Crippen molar-refractivity contribution in [2.24, 2.45) is 16.5 Å². The molecule has 0 saturated heterocycles. The Balaban J connectivity index is 2.92. The average Bonchev–Trinajstić information content (AvgIpc) is 2.32. The van der Waals surface area contributed by atoms with Crippen LogP contribution in [0.5, 0.6) is 0 Å². The highest BCUT2D eigenvalue weighted by atomic mass is 16.2. The molecule has 14 heavy (non-hydrogen) atoms. The second-order valence-corrected chi connectivity index (χ2v) is 3.06. The van der Waals surface area contributed by atoms with E-state index in [0.717, 1.165) is 4.90 Å². The maximum atomic E-state index is 11.4. The van der Waals surface area contributed by atoms with Gasteiger partial charge in [0.05, 0.1) is 6.04 Å². The first kappa shape index (κ1) is 10.4. The Morgan fingerprint density at radius 2 is 2.29 bits per heavy atom. The SMILES string of the molecule is C=C1N=C(C(C)N)N(CC(N)=O)C1=O. The molecule has 0 radical (unpaired) electrons. The molecule has 4 N–H and O–H groups in total. The number of amides is 2.